The van der Waals surface area contributed by atoms with Crippen molar-refractivity contribution in [3.8, 4) is 28.2 Å². The number of carbonyl (C=O) groups is 1. The zero-order chi connectivity index (χ0) is 19.4. The van der Waals surface area contributed by atoms with E-state index in [0.29, 0.717) is 22.6 Å². The largest absolute Gasteiger partial charge is 0.497 e. The summed E-state index contributed by atoms with van der Waals surface area (Å²) in [5.74, 6) is 0.365. The van der Waals surface area contributed by atoms with Gasteiger partial charge in [0.1, 0.15) is 11.5 Å². The number of methoxy groups -OCH3 is 1. The van der Waals surface area contributed by atoms with Crippen LogP contribution >= 0.6 is 0 Å². The first kappa shape index (κ1) is 18.5. The standard InChI is InChI=1S/C22H20O5/c1-4-26-21(23)20-18(15-9-11-17(25-3)12-10-15)13-19(27-22(20)24)16-7-5-14(2)6-8-16/h5-13H,4H2,1-3H3. The fourth-order valence-corrected chi connectivity index (χ4v) is 2.75. The van der Waals surface area contributed by atoms with Crippen molar-refractivity contribution in [2.45, 2.75) is 13.8 Å². The molecular formula is C22H20O5. The maximum absolute atomic E-state index is 12.6. The summed E-state index contributed by atoms with van der Waals surface area (Å²) in [6.07, 6.45) is 0. The highest BCUT2D eigenvalue weighted by Crippen LogP contribution is 2.29. The van der Waals surface area contributed by atoms with E-state index < -0.39 is 11.6 Å². The number of carbonyl (C=O) groups excluding carboxylic acids is 1. The number of hydrogen-bond acceptors (Lipinski definition) is 5. The number of ether oxygens (including phenoxy) is 2. The van der Waals surface area contributed by atoms with Crippen molar-refractivity contribution in [3.05, 3.63) is 76.1 Å². The third-order valence-electron chi connectivity index (χ3n) is 4.17. The zero-order valence-corrected chi connectivity index (χ0v) is 15.4. The maximum Gasteiger partial charge on any atom is 0.351 e. The van der Waals surface area contributed by atoms with Crippen molar-refractivity contribution in [2.24, 2.45) is 0 Å². The summed E-state index contributed by atoms with van der Waals surface area (Å²) in [6.45, 7) is 3.83. The van der Waals surface area contributed by atoms with Crippen LogP contribution in [0.2, 0.25) is 0 Å². The van der Waals surface area contributed by atoms with Gasteiger partial charge in [0.2, 0.25) is 0 Å². The second kappa shape index (κ2) is 7.91. The van der Waals surface area contributed by atoms with E-state index in [-0.39, 0.29) is 12.2 Å². The highest BCUT2D eigenvalue weighted by Gasteiger charge is 2.22. The molecule has 5 heteroatoms. The van der Waals surface area contributed by atoms with E-state index >= 15 is 0 Å². The van der Waals surface area contributed by atoms with Crippen molar-refractivity contribution in [1.82, 2.24) is 0 Å². The fraction of sp³-hybridized carbons (Fsp3) is 0.182. The molecule has 0 aliphatic heterocycles. The lowest BCUT2D eigenvalue weighted by Crippen LogP contribution is -2.18. The van der Waals surface area contributed by atoms with Crippen LogP contribution in [-0.2, 0) is 4.74 Å². The molecule has 0 bridgehead atoms. The van der Waals surface area contributed by atoms with Gasteiger partial charge in [0.25, 0.3) is 0 Å². The average Bonchev–Trinajstić information content (AvgIpc) is 2.68. The summed E-state index contributed by atoms with van der Waals surface area (Å²) < 4.78 is 15.7. The lowest BCUT2D eigenvalue weighted by molar-refractivity contribution is 0.0522. The topological polar surface area (TPSA) is 65.7 Å². The minimum Gasteiger partial charge on any atom is -0.497 e. The van der Waals surface area contributed by atoms with Crippen molar-refractivity contribution in [1.29, 1.82) is 0 Å². The Morgan fingerprint density at radius 3 is 2.22 bits per heavy atom. The number of aryl methyl sites for hydroxylation is 1. The fourth-order valence-electron chi connectivity index (χ4n) is 2.75. The Bertz CT molecular complexity index is 998. The van der Waals surface area contributed by atoms with Crippen LogP contribution in [0.1, 0.15) is 22.8 Å². The van der Waals surface area contributed by atoms with Crippen LogP contribution in [0, 0.1) is 6.92 Å². The quantitative estimate of drug-likeness (QED) is 0.625. The highest BCUT2D eigenvalue weighted by atomic mass is 16.5. The Morgan fingerprint density at radius 1 is 1.00 bits per heavy atom. The summed E-state index contributed by atoms with van der Waals surface area (Å²) in [6, 6.07) is 16.4. The molecule has 3 aromatic rings. The van der Waals surface area contributed by atoms with Gasteiger partial charge in [-0.25, -0.2) is 9.59 Å². The van der Waals surface area contributed by atoms with Gasteiger partial charge in [0.15, 0.2) is 5.56 Å². The lowest BCUT2D eigenvalue weighted by atomic mass is 9.99. The Labute approximate surface area is 157 Å². The Kier molecular flexibility index (Phi) is 5.41. The van der Waals surface area contributed by atoms with Gasteiger partial charge in [0.05, 0.1) is 13.7 Å². The van der Waals surface area contributed by atoms with Crippen molar-refractivity contribution in [2.75, 3.05) is 13.7 Å². The first-order valence-electron chi connectivity index (χ1n) is 8.60. The van der Waals surface area contributed by atoms with Crippen LogP contribution < -0.4 is 10.4 Å². The summed E-state index contributed by atoms with van der Waals surface area (Å²) >= 11 is 0. The third-order valence-corrected chi connectivity index (χ3v) is 4.17. The van der Waals surface area contributed by atoms with E-state index in [4.69, 9.17) is 13.9 Å². The predicted octanol–water partition coefficient (Wildman–Crippen LogP) is 4.47. The molecular weight excluding hydrogens is 344 g/mol. The number of hydrogen-bond donors (Lipinski definition) is 0. The molecule has 0 unspecified atom stereocenters. The number of benzene rings is 2. The van der Waals surface area contributed by atoms with Crippen molar-refractivity contribution < 1.29 is 18.7 Å². The highest BCUT2D eigenvalue weighted by molar-refractivity contribution is 5.97. The number of rotatable bonds is 5. The first-order chi connectivity index (χ1) is 13.0. The van der Waals surface area contributed by atoms with Gasteiger partial charge in [-0.3, -0.25) is 0 Å². The van der Waals surface area contributed by atoms with Crippen LogP contribution in [0.15, 0.2) is 63.8 Å². The maximum atomic E-state index is 12.6. The van der Waals surface area contributed by atoms with E-state index in [1.165, 1.54) is 0 Å². The molecule has 5 nitrogen and oxygen atoms in total. The molecule has 138 valence electrons. The molecule has 1 heterocycles. The minimum absolute atomic E-state index is 0.113. The summed E-state index contributed by atoms with van der Waals surface area (Å²) in [5.41, 5.74) is 2.17. The molecule has 2 aromatic carbocycles. The Hall–Kier alpha value is -3.34. The van der Waals surface area contributed by atoms with Gasteiger partial charge in [-0.1, -0.05) is 42.0 Å². The van der Waals surface area contributed by atoms with Gasteiger partial charge in [-0.05, 0) is 37.6 Å². The summed E-state index contributed by atoms with van der Waals surface area (Å²) in [5, 5.41) is 0. The van der Waals surface area contributed by atoms with E-state index in [1.807, 2.05) is 31.2 Å². The average molecular weight is 364 g/mol. The second-order valence-electron chi connectivity index (χ2n) is 6.00. The molecule has 0 fully saturated rings. The molecule has 0 aliphatic carbocycles. The Morgan fingerprint density at radius 2 is 1.63 bits per heavy atom. The normalized spacial score (nSPS) is 10.5. The van der Waals surface area contributed by atoms with E-state index in [1.54, 1.807) is 44.4 Å². The van der Waals surface area contributed by atoms with Crippen molar-refractivity contribution >= 4 is 5.97 Å². The van der Waals surface area contributed by atoms with Crippen LogP contribution in [0.5, 0.6) is 5.75 Å². The van der Waals surface area contributed by atoms with Gasteiger partial charge in [0, 0.05) is 11.1 Å². The van der Waals surface area contributed by atoms with Crippen molar-refractivity contribution in [3.63, 3.8) is 0 Å². The molecule has 0 N–H and O–H groups in total. The SMILES string of the molecule is CCOC(=O)c1c(-c2ccc(OC)cc2)cc(-c2ccc(C)cc2)oc1=O. The van der Waals surface area contributed by atoms with E-state index in [9.17, 15) is 9.59 Å². The van der Waals surface area contributed by atoms with Gasteiger partial charge >= 0.3 is 11.6 Å². The zero-order valence-electron chi connectivity index (χ0n) is 15.4. The molecule has 0 amide bonds. The monoisotopic (exact) mass is 364 g/mol. The second-order valence-corrected chi connectivity index (χ2v) is 6.00. The minimum atomic E-state index is -0.725. The smallest absolute Gasteiger partial charge is 0.351 e. The molecule has 1 aromatic heterocycles. The lowest BCUT2D eigenvalue weighted by Gasteiger charge is -2.11. The van der Waals surface area contributed by atoms with Crippen LogP contribution in [-0.4, -0.2) is 19.7 Å². The summed E-state index contributed by atoms with van der Waals surface area (Å²) in [7, 11) is 1.58. The first-order valence-corrected chi connectivity index (χ1v) is 8.60. The van der Waals surface area contributed by atoms with E-state index in [2.05, 4.69) is 0 Å². The van der Waals surface area contributed by atoms with Crippen LogP contribution in [0.4, 0.5) is 0 Å². The third kappa shape index (κ3) is 3.92. The predicted molar refractivity (Wildman–Crippen MR) is 103 cm³/mol. The molecule has 0 saturated heterocycles. The van der Waals surface area contributed by atoms with Gasteiger partial charge in [-0.2, -0.15) is 0 Å². The van der Waals surface area contributed by atoms with Crippen LogP contribution in [0.25, 0.3) is 22.5 Å². The molecule has 0 saturated carbocycles. The van der Waals surface area contributed by atoms with Crippen LogP contribution in [0.3, 0.4) is 0 Å². The molecule has 0 atom stereocenters. The molecule has 0 radical (unpaired) electrons. The Balaban J connectivity index is 2.20. The molecule has 0 aliphatic rings. The van der Waals surface area contributed by atoms with Gasteiger partial charge in [-0.15, -0.1) is 0 Å². The number of esters is 1. The molecule has 0 spiro atoms. The van der Waals surface area contributed by atoms with Gasteiger partial charge < -0.3 is 13.9 Å². The molecule has 27 heavy (non-hydrogen) atoms. The van der Waals surface area contributed by atoms with E-state index in [0.717, 1.165) is 11.1 Å². The summed E-state index contributed by atoms with van der Waals surface area (Å²) in [4.78, 5) is 25.0. The molecule has 3 rings (SSSR count).